The van der Waals surface area contributed by atoms with Crippen LogP contribution in [-0.2, 0) is 6.42 Å². The lowest BCUT2D eigenvalue weighted by molar-refractivity contribution is 0.0696. The highest BCUT2D eigenvalue weighted by Crippen LogP contribution is 2.23. The summed E-state index contributed by atoms with van der Waals surface area (Å²) in [4.78, 5) is 15.0. The fourth-order valence-electron chi connectivity index (χ4n) is 1.63. The molecule has 0 aliphatic carbocycles. The highest BCUT2D eigenvalue weighted by molar-refractivity contribution is 5.88. The molecule has 0 bridgehead atoms. The quantitative estimate of drug-likeness (QED) is 0.931. The number of carboxylic acid groups (broad SMARTS) is 1. The molecule has 6 heteroatoms. The van der Waals surface area contributed by atoms with Crippen molar-refractivity contribution >= 4 is 5.97 Å². The van der Waals surface area contributed by atoms with Crippen molar-refractivity contribution in [1.82, 2.24) is 4.98 Å². The minimum Gasteiger partial charge on any atom is -0.478 e. The number of halogens is 2. The summed E-state index contributed by atoms with van der Waals surface area (Å²) in [6.07, 6.45) is 0.509. The van der Waals surface area contributed by atoms with Gasteiger partial charge >= 0.3 is 5.97 Å². The number of carbonyl (C=O) groups is 1. The maximum Gasteiger partial charge on any atom is 0.335 e. The van der Waals surface area contributed by atoms with Crippen molar-refractivity contribution in [2.75, 3.05) is 0 Å². The zero-order valence-corrected chi connectivity index (χ0v) is 10.6. The number of ether oxygens (including phenoxy) is 1. The molecule has 0 saturated heterocycles. The number of benzene rings is 1. The first kappa shape index (κ1) is 13.9. The molecule has 0 aliphatic heterocycles. The second-order valence-corrected chi connectivity index (χ2v) is 4.05. The van der Waals surface area contributed by atoms with Crippen molar-refractivity contribution in [1.29, 1.82) is 0 Å². The van der Waals surface area contributed by atoms with Gasteiger partial charge in [0.1, 0.15) is 17.4 Å². The lowest BCUT2D eigenvalue weighted by Gasteiger charge is -2.08. The first-order chi connectivity index (χ1) is 9.47. The van der Waals surface area contributed by atoms with Crippen molar-refractivity contribution in [3.63, 3.8) is 0 Å². The first-order valence-electron chi connectivity index (χ1n) is 5.86. The molecule has 0 radical (unpaired) electrons. The van der Waals surface area contributed by atoms with Crippen molar-refractivity contribution in [3.8, 4) is 11.6 Å². The molecule has 0 saturated carbocycles. The van der Waals surface area contributed by atoms with Gasteiger partial charge in [-0.3, -0.25) is 0 Å². The smallest absolute Gasteiger partial charge is 0.335 e. The summed E-state index contributed by atoms with van der Waals surface area (Å²) in [6, 6.07) is 5.31. The third kappa shape index (κ3) is 3.28. The van der Waals surface area contributed by atoms with Crippen LogP contribution in [0.15, 0.2) is 30.3 Å². The van der Waals surface area contributed by atoms with Gasteiger partial charge in [0.05, 0.1) is 5.56 Å². The van der Waals surface area contributed by atoms with E-state index in [0.717, 1.165) is 12.1 Å². The van der Waals surface area contributed by atoms with E-state index >= 15 is 0 Å². The number of pyridine rings is 1. The molecule has 1 aromatic carbocycles. The van der Waals surface area contributed by atoms with E-state index in [2.05, 4.69) is 4.98 Å². The lowest BCUT2D eigenvalue weighted by atomic mass is 10.2. The zero-order valence-electron chi connectivity index (χ0n) is 10.6. The van der Waals surface area contributed by atoms with Crippen molar-refractivity contribution in [2.45, 2.75) is 13.3 Å². The van der Waals surface area contributed by atoms with E-state index in [4.69, 9.17) is 9.84 Å². The van der Waals surface area contributed by atoms with E-state index in [1.807, 2.05) is 0 Å². The molecule has 0 spiro atoms. The van der Waals surface area contributed by atoms with Crippen LogP contribution in [-0.4, -0.2) is 16.1 Å². The molecule has 0 aliphatic rings. The summed E-state index contributed by atoms with van der Waals surface area (Å²) < 4.78 is 31.3. The zero-order chi connectivity index (χ0) is 14.7. The van der Waals surface area contributed by atoms with Crippen LogP contribution in [0.3, 0.4) is 0 Å². The number of hydrogen-bond acceptors (Lipinski definition) is 3. The molecular formula is C14H11F2NO3. The molecule has 0 unspecified atom stereocenters. The van der Waals surface area contributed by atoms with E-state index in [1.54, 1.807) is 6.92 Å². The van der Waals surface area contributed by atoms with Gasteiger partial charge in [0.2, 0.25) is 5.88 Å². The minimum absolute atomic E-state index is 0.00345. The molecule has 0 fully saturated rings. The van der Waals surface area contributed by atoms with Crippen LogP contribution in [0.2, 0.25) is 0 Å². The normalized spacial score (nSPS) is 10.3. The molecule has 0 amide bonds. The number of nitrogens with zero attached hydrogens (tertiary/aromatic N) is 1. The van der Waals surface area contributed by atoms with Crippen molar-refractivity contribution in [2.24, 2.45) is 0 Å². The van der Waals surface area contributed by atoms with Crippen molar-refractivity contribution < 1.29 is 23.4 Å². The molecular weight excluding hydrogens is 268 g/mol. The summed E-state index contributed by atoms with van der Waals surface area (Å²) >= 11 is 0. The Hall–Kier alpha value is -2.50. The largest absolute Gasteiger partial charge is 0.478 e. The van der Waals surface area contributed by atoms with Gasteiger partial charge in [-0.15, -0.1) is 0 Å². The standard InChI is InChI=1S/C14H11F2NO3/c1-2-11-3-8(14(18)19)4-13(17-11)20-12-6-9(15)5-10(16)7-12/h3-7H,2H2,1H3,(H,18,19). The summed E-state index contributed by atoms with van der Waals surface area (Å²) in [5, 5.41) is 8.98. The number of aromatic carboxylic acids is 1. The van der Waals surface area contributed by atoms with Gasteiger partial charge in [-0.25, -0.2) is 18.6 Å². The average Bonchev–Trinajstić information content (AvgIpc) is 2.36. The van der Waals surface area contributed by atoms with Crippen LogP contribution in [0.25, 0.3) is 0 Å². The number of carboxylic acids is 1. The number of hydrogen-bond donors (Lipinski definition) is 1. The van der Waals surface area contributed by atoms with Crippen LogP contribution in [0.1, 0.15) is 23.0 Å². The third-order valence-electron chi connectivity index (χ3n) is 2.52. The Bertz CT molecular complexity index is 639. The predicted molar refractivity (Wildman–Crippen MR) is 67.0 cm³/mol. The molecule has 0 atom stereocenters. The SMILES string of the molecule is CCc1cc(C(=O)O)cc(Oc2cc(F)cc(F)c2)n1. The molecule has 1 heterocycles. The topological polar surface area (TPSA) is 59.4 Å². The van der Waals surface area contributed by atoms with Crippen LogP contribution in [0.5, 0.6) is 11.6 Å². The van der Waals surface area contributed by atoms with Gasteiger partial charge in [-0.05, 0) is 12.5 Å². The Kier molecular flexibility index (Phi) is 3.93. The molecule has 2 rings (SSSR count). The van der Waals surface area contributed by atoms with E-state index in [1.165, 1.54) is 12.1 Å². The third-order valence-corrected chi connectivity index (χ3v) is 2.52. The summed E-state index contributed by atoms with van der Waals surface area (Å²) in [5.41, 5.74) is 0.514. The maximum absolute atomic E-state index is 13.0. The average molecular weight is 279 g/mol. The number of rotatable bonds is 4. The molecule has 104 valence electrons. The van der Waals surface area contributed by atoms with Gasteiger partial charge in [0.25, 0.3) is 0 Å². The van der Waals surface area contributed by atoms with Crippen LogP contribution >= 0.6 is 0 Å². The monoisotopic (exact) mass is 279 g/mol. The van der Waals surface area contributed by atoms with Crippen LogP contribution < -0.4 is 4.74 Å². The van der Waals surface area contributed by atoms with Crippen LogP contribution in [0.4, 0.5) is 8.78 Å². The van der Waals surface area contributed by atoms with Crippen molar-refractivity contribution in [3.05, 3.63) is 53.2 Å². The summed E-state index contributed by atoms with van der Waals surface area (Å²) in [5.74, 6) is -2.81. The highest BCUT2D eigenvalue weighted by Gasteiger charge is 2.10. The number of aryl methyl sites for hydroxylation is 1. The van der Waals surface area contributed by atoms with Gasteiger partial charge < -0.3 is 9.84 Å². The minimum atomic E-state index is -1.13. The van der Waals surface area contributed by atoms with Gasteiger partial charge in [-0.2, -0.15) is 0 Å². The highest BCUT2D eigenvalue weighted by atomic mass is 19.1. The second kappa shape index (κ2) is 5.64. The van der Waals surface area contributed by atoms with Gasteiger partial charge in [0.15, 0.2) is 0 Å². The Morgan fingerprint density at radius 1 is 1.20 bits per heavy atom. The summed E-state index contributed by atoms with van der Waals surface area (Å²) in [6.45, 7) is 1.81. The molecule has 4 nitrogen and oxygen atoms in total. The molecule has 2 aromatic rings. The second-order valence-electron chi connectivity index (χ2n) is 4.05. The summed E-state index contributed by atoms with van der Waals surface area (Å²) in [7, 11) is 0. The Morgan fingerprint density at radius 2 is 1.85 bits per heavy atom. The van der Waals surface area contributed by atoms with E-state index in [0.29, 0.717) is 18.2 Å². The molecule has 1 aromatic heterocycles. The van der Waals surface area contributed by atoms with E-state index in [9.17, 15) is 13.6 Å². The van der Waals surface area contributed by atoms with Gasteiger partial charge in [-0.1, -0.05) is 6.92 Å². The Morgan fingerprint density at radius 3 is 2.40 bits per heavy atom. The van der Waals surface area contributed by atoms with E-state index in [-0.39, 0.29) is 17.2 Å². The fraction of sp³-hybridized carbons (Fsp3) is 0.143. The van der Waals surface area contributed by atoms with Gasteiger partial charge in [0, 0.05) is 30.0 Å². The predicted octanol–water partition coefficient (Wildman–Crippen LogP) is 3.41. The molecule has 1 N–H and O–H groups in total. The van der Waals surface area contributed by atoms with E-state index < -0.39 is 17.6 Å². The maximum atomic E-state index is 13.0. The molecule has 20 heavy (non-hydrogen) atoms. The number of aromatic nitrogens is 1. The first-order valence-corrected chi connectivity index (χ1v) is 5.86. The Labute approximate surface area is 113 Å². The fourth-order valence-corrected chi connectivity index (χ4v) is 1.63. The van der Waals surface area contributed by atoms with Crippen LogP contribution in [0, 0.1) is 11.6 Å². The lowest BCUT2D eigenvalue weighted by Crippen LogP contribution is -2.01. The Balaban J connectivity index is 2.37.